The molecule has 0 spiro atoms. The van der Waals surface area contributed by atoms with Crippen LogP contribution in [0.5, 0.6) is 5.75 Å². The van der Waals surface area contributed by atoms with Crippen molar-refractivity contribution in [2.45, 2.75) is 18.8 Å². The second-order valence-corrected chi connectivity index (χ2v) is 7.20. The van der Waals surface area contributed by atoms with Crippen molar-refractivity contribution >= 4 is 11.7 Å². The van der Waals surface area contributed by atoms with Gasteiger partial charge in [0, 0.05) is 43.4 Å². The van der Waals surface area contributed by atoms with Gasteiger partial charge in [-0.3, -0.25) is 9.89 Å². The molecule has 1 fully saturated rings. The molecule has 4 rings (SSSR count). The van der Waals surface area contributed by atoms with Gasteiger partial charge in [-0.1, -0.05) is 0 Å². The lowest BCUT2D eigenvalue weighted by molar-refractivity contribution is 0.0790. The fourth-order valence-corrected chi connectivity index (χ4v) is 3.46. The first kappa shape index (κ1) is 19.8. The fraction of sp³-hybridized carbons (Fsp3) is 0.286. The number of amides is 1. The molecule has 9 heteroatoms. The fourth-order valence-electron chi connectivity index (χ4n) is 3.46. The summed E-state index contributed by atoms with van der Waals surface area (Å²) in [5, 5.41) is 7.35. The van der Waals surface area contributed by atoms with Crippen LogP contribution in [0.25, 0.3) is 0 Å². The van der Waals surface area contributed by atoms with E-state index in [0.717, 1.165) is 29.9 Å². The van der Waals surface area contributed by atoms with Gasteiger partial charge in [-0.05, 0) is 36.8 Å². The maximum atomic E-state index is 13.2. The number of aromatic amines is 1. The van der Waals surface area contributed by atoms with Crippen molar-refractivity contribution in [3.05, 3.63) is 71.2 Å². The smallest absolute Gasteiger partial charge is 0.255 e. The molecule has 1 saturated heterocycles. The van der Waals surface area contributed by atoms with Gasteiger partial charge in [-0.15, -0.1) is 0 Å². The van der Waals surface area contributed by atoms with Gasteiger partial charge in [-0.25, -0.2) is 13.8 Å². The van der Waals surface area contributed by atoms with Gasteiger partial charge in [0.05, 0.1) is 17.9 Å². The highest BCUT2D eigenvalue weighted by atomic mass is 19.2. The van der Waals surface area contributed by atoms with E-state index in [0.29, 0.717) is 37.5 Å². The number of anilines is 1. The van der Waals surface area contributed by atoms with Crippen molar-refractivity contribution in [2.75, 3.05) is 25.4 Å². The van der Waals surface area contributed by atoms with Gasteiger partial charge in [0.25, 0.3) is 5.91 Å². The predicted molar refractivity (Wildman–Crippen MR) is 106 cm³/mol. The van der Waals surface area contributed by atoms with Crippen LogP contribution in [0.15, 0.2) is 42.6 Å². The summed E-state index contributed by atoms with van der Waals surface area (Å²) >= 11 is 0. The zero-order chi connectivity index (χ0) is 21.1. The summed E-state index contributed by atoms with van der Waals surface area (Å²) in [5.74, 6) is -1.11. The van der Waals surface area contributed by atoms with E-state index < -0.39 is 11.6 Å². The summed E-state index contributed by atoms with van der Waals surface area (Å²) in [6.45, 7) is 1.53. The van der Waals surface area contributed by atoms with Crippen LogP contribution in [0.2, 0.25) is 0 Å². The molecule has 0 saturated carbocycles. The Morgan fingerprint density at radius 1 is 1.23 bits per heavy atom. The Balaban J connectivity index is 1.30. The van der Waals surface area contributed by atoms with Gasteiger partial charge in [0.2, 0.25) is 0 Å². The SMILES string of the molecule is Nc1ccc(C(=O)N2CCC(c3cc(CCOc4ccc(F)c(F)c4)[nH]n3)C2)cn1. The van der Waals surface area contributed by atoms with Crippen LogP contribution in [-0.4, -0.2) is 45.7 Å². The summed E-state index contributed by atoms with van der Waals surface area (Å²) in [7, 11) is 0. The van der Waals surface area contributed by atoms with Crippen LogP contribution in [0.4, 0.5) is 14.6 Å². The highest BCUT2D eigenvalue weighted by Gasteiger charge is 2.29. The first-order valence-corrected chi connectivity index (χ1v) is 9.62. The lowest BCUT2D eigenvalue weighted by atomic mass is 10.0. The number of likely N-dealkylation sites (tertiary alicyclic amines) is 1. The number of nitrogens with two attached hydrogens (primary N) is 1. The number of carbonyl (C=O) groups is 1. The maximum Gasteiger partial charge on any atom is 0.255 e. The highest BCUT2D eigenvalue weighted by molar-refractivity contribution is 5.94. The lowest BCUT2D eigenvalue weighted by Crippen LogP contribution is -2.28. The Morgan fingerprint density at radius 3 is 2.87 bits per heavy atom. The molecule has 1 atom stereocenters. The van der Waals surface area contributed by atoms with Gasteiger partial charge < -0.3 is 15.4 Å². The molecular weight excluding hydrogens is 392 g/mol. The van der Waals surface area contributed by atoms with E-state index in [-0.39, 0.29) is 17.6 Å². The Labute approximate surface area is 171 Å². The zero-order valence-electron chi connectivity index (χ0n) is 16.1. The number of nitrogens with zero attached hydrogens (tertiary/aromatic N) is 3. The molecule has 1 unspecified atom stereocenters. The van der Waals surface area contributed by atoms with E-state index >= 15 is 0 Å². The number of rotatable bonds is 6. The molecule has 156 valence electrons. The highest BCUT2D eigenvalue weighted by Crippen LogP contribution is 2.27. The van der Waals surface area contributed by atoms with Crippen molar-refractivity contribution in [1.82, 2.24) is 20.1 Å². The molecule has 0 aliphatic carbocycles. The van der Waals surface area contributed by atoms with Gasteiger partial charge in [0.1, 0.15) is 11.6 Å². The molecule has 30 heavy (non-hydrogen) atoms. The number of H-pyrrole nitrogens is 1. The number of benzene rings is 1. The van der Waals surface area contributed by atoms with E-state index in [1.165, 1.54) is 12.3 Å². The molecule has 3 N–H and O–H groups in total. The van der Waals surface area contributed by atoms with E-state index in [1.54, 1.807) is 17.0 Å². The van der Waals surface area contributed by atoms with Crippen LogP contribution in [0, 0.1) is 11.6 Å². The van der Waals surface area contributed by atoms with Gasteiger partial charge in [-0.2, -0.15) is 5.10 Å². The Bertz CT molecular complexity index is 1040. The number of aromatic nitrogens is 3. The Morgan fingerprint density at radius 2 is 2.10 bits per heavy atom. The molecule has 1 aromatic carbocycles. The quantitative estimate of drug-likeness (QED) is 0.648. The standard InChI is InChI=1S/C21H21F2N5O2/c22-17-3-2-16(10-18(17)23)30-8-6-15-9-19(27-26-15)14-5-7-28(12-14)21(29)13-1-4-20(24)25-11-13/h1-4,9-11,14H,5-8,12H2,(H2,24,25)(H,26,27). The monoisotopic (exact) mass is 413 g/mol. The third-order valence-corrected chi connectivity index (χ3v) is 5.11. The van der Waals surface area contributed by atoms with Crippen LogP contribution >= 0.6 is 0 Å². The Hall–Kier alpha value is -3.49. The first-order valence-electron chi connectivity index (χ1n) is 9.62. The normalized spacial score (nSPS) is 16.1. The summed E-state index contributed by atoms with van der Waals surface area (Å²) < 4.78 is 31.6. The molecule has 1 aliphatic rings. The summed E-state index contributed by atoms with van der Waals surface area (Å²) in [5.41, 5.74) is 7.86. The third-order valence-electron chi connectivity index (χ3n) is 5.11. The molecule has 3 heterocycles. The van der Waals surface area contributed by atoms with Crippen molar-refractivity contribution < 1.29 is 18.3 Å². The Kier molecular flexibility index (Phi) is 5.60. The van der Waals surface area contributed by atoms with Gasteiger partial charge >= 0.3 is 0 Å². The molecule has 3 aromatic rings. The topological polar surface area (TPSA) is 97.1 Å². The minimum atomic E-state index is -0.939. The number of hydrogen-bond donors (Lipinski definition) is 2. The largest absolute Gasteiger partial charge is 0.493 e. The van der Waals surface area contributed by atoms with Crippen LogP contribution in [-0.2, 0) is 6.42 Å². The van der Waals surface area contributed by atoms with Crippen molar-refractivity contribution in [3.63, 3.8) is 0 Å². The number of halogens is 2. The number of hydrogen-bond acceptors (Lipinski definition) is 5. The molecule has 0 radical (unpaired) electrons. The van der Waals surface area contributed by atoms with E-state index in [2.05, 4.69) is 15.2 Å². The second kappa shape index (κ2) is 8.48. The zero-order valence-corrected chi connectivity index (χ0v) is 16.1. The summed E-state index contributed by atoms with van der Waals surface area (Å²) in [6.07, 6.45) is 2.85. The number of nitrogens with one attached hydrogen (secondary N) is 1. The number of pyridine rings is 1. The summed E-state index contributed by atoms with van der Waals surface area (Å²) in [6, 6.07) is 8.69. The molecule has 1 aliphatic heterocycles. The second-order valence-electron chi connectivity index (χ2n) is 7.20. The number of carbonyl (C=O) groups excluding carboxylic acids is 1. The predicted octanol–water partition coefficient (Wildman–Crippen LogP) is 2.92. The third kappa shape index (κ3) is 4.40. The number of nitrogen functional groups attached to an aromatic ring is 1. The van der Waals surface area contributed by atoms with Crippen LogP contribution in [0.3, 0.4) is 0 Å². The van der Waals surface area contributed by atoms with Crippen molar-refractivity contribution in [1.29, 1.82) is 0 Å². The van der Waals surface area contributed by atoms with Crippen LogP contribution in [0.1, 0.15) is 34.1 Å². The average Bonchev–Trinajstić information content (AvgIpc) is 3.40. The lowest BCUT2D eigenvalue weighted by Gasteiger charge is -2.16. The van der Waals surface area contributed by atoms with Crippen LogP contribution < -0.4 is 10.5 Å². The minimum Gasteiger partial charge on any atom is -0.493 e. The summed E-state index contributed by atoms with van der Waals surface area (Å²) in [4.78, 5) is 18.4. The minimum absolute atomic E-state index is 0.0688. The number of ether oxygens (including phenoxy) is 1. The van der Waals surface area contributed by atoms with E-state index in [4.69, 9.17) is 10.5 Å². The van der Waals surface area contributed by atoms with E-state index in [1.807, 2.05) is 6.07 Å². The molecule has 2 aromatic heterocycles. The molecule has 7 nitrogen and oxygen atoms in total. The van der Waals surface area contributed by atoms with Crippen molar-refractivity contribution in [2.24, 2.45) is 0 Å². The average molecular weight is 413 g/mol. The first-order chi connectivity index (χ1) is 14.5. The van der Waals surface area contributed by atoms with Crippen molar-refractivity contribution in [3.8, 4) is 5.75 Å². The van der Waals surface area contributed by atoms with E-state index in [9.17, 15) is 13.6 Å². The molecular formula is C21H21F2N5O2. The maximum absolute atomic E-state index is 13.2. The molecule has 1 amide bonds. The molecule has 0 bridgehead atoms. The van der Waals surface area contributed by atoms with Gasteiger partial charge in [0.15, 0.2) is 11.6 Å².